The van der Waals surface area contributed by atoms with Crippen molar-refractivity contribution in [1.82, 2.24) is 4.90 Å². The molecular formula is C13H13NO2S. The maximum atomic E-state index is 12.2. The molecule has 0 bridgehead atoms. The van der Waals surface area contributed by atoms with E-state index in [0.717, 1.165) is 19.4 Å². The second-order valence-corrected chi connectivity index (χ2v) is 4.97. The summed E-state index contributed by atoms with van der Waals surface area (Å²) in [5, 5.41) is 4.18. The lowest BCUT2D eigenvalue weighted by Crippen LogP contribution is -2.30. The van der Waals surface area contributed by atoms with Crippen LogP contribution >= 0.6 is 11.3 Å². The summed E-state index contributed by atoms with van der Waals surface area (Å²) in [6, 6.07) is 5.80. The molecule has 1 unspecified atom stereocenters. The van der Waals surface area contributed by atoms with Gasteiger partial charge in [-0.2, -0.15) is 11.3 Å². The van der Waals surface area contributed by atoms with Crippen LogP contribution in [0.2, 0.25) is 0 Å². The Labute approximate surface area is 104 Å². The van der Waals surface area contributed by atoms with Gasteiger partial charge in [0.2, 0.25) is 0 Å². The van der Waals surface area contributed by atoms with E-state index in [9.17, 15) is 4.79 Å². The highest BCUT2D eigenvalue weighted by Gasteiger charge is 2.31. The summed E-state index contributed by atoms with van der Waals surface area (Å²) in [7, 11) is 0. The second kappa shape index (κ2) is 4.37. The van der Waals surface area contributed by atoms with Crippen molar-refractivity contribution in [2.75, 3.05) is 6.54 Å². The Balaban J connectivity index is 1.85. The number of thiophene rings is 1. The van der Waals surface area contributed by atoms with Crippen LogP contribution in [-0.4, -0.2) is 17.4 Å². The minimum absolute atomic E-state index is 0.00343. The zero-order valence-corrected chi connectivity index (χ0v) is 10.2. The third kappa shape index (κ3) is 1.89. The molecule has 3 rings (SSSR count). The van der Waals surface area contributed by atoms with Gasteiger partial charge in [-0.15, -0.1) is 0 Å². The van der Waals surface area contributed by atoms with Crippen LogP contribution in [0.5, 0.6) is 0 Å². The fourth-order valence-corrected chi connectivity index (χ4v) is 3.07. The number of furan rings is 1. The SMILES string of the molecule is O=C(c1ccco1)N1CCCC1c1ccsc1. The standard InChI is InChI=1S/C13H13NO2S/c15-13(12-4-2-7-16-12)14-6-1-3-11(14)10-5-8-17-9-10/h2,4-5,7-9,11H,1,3,6H2. The first-order chi connectivity index (χ1) is 8.36. The quantitative estimate of drug-likeness (QED) is 0.815. The van der Waals surface area contributed by atoms with Crippen LogP contribution in [0.3, 0.4) is 0 Å². The lowest BCUT2D eigenvalue weighted by molar-refractivity contribution is 0.0703. The molecule has 1 atom stereocenters. The molecular weight excluding hydrogens is 234 g/mol. The van der Waals surface area contributed by atoms with Crippen LogP contribution in [0.1, 0.15) is 35.0 Å². The molecule has 0 aromatic carbocycles. The third-order valence-electron chi connectivity index (χ3n) is 3.17. The summed E-state index contributed by atoms with van der Waals surface area (Å²) >= 11 is 1.68. The van der Waals surface area contributed by atoms with Crippen molar-refractivity contribution in [2.24, 2.45) is 0 Å². The van der Waals surface area contributed by atoms with E-state index in [-0.39, 0.29) is 11.9 Å². The molecule has 1 amide bonds. The maximum absolute atomic E-state index is 12.2. The summed E-state index contributed by atoms with van der Waals surface area (Å²) in [6.45, 7) is 0.819. The molecule has 0 aliphatic carbocycles. The average Bonchev–Trinajstić information content (AvgIpc) is 3.09. The lowest BCUT2D eigenvalue weighted by Gasteiger charge is -2.23. The van der Waals surface area contributed by atoms with Gasteiger partial charge in [0.1, 0.15) is 0 Å². The van der Waals surface area contributed by atoms with Gasteiger partial charge in [0.15, 0.2) is 5.76 Å². The van der Waals surface area contributed by atoms with Gasteiger partial charge < -0.3 is 9.32 Å². The van der Waals surface area contributed by atoms with Crippen molar-refractivity contribution in [2.45, 2.75) is 18.9 Å². The van der Waals surface area contributed by atoms with Crippen LogP contribution in [0.4, 0.5) is 0 Å². The predicted octanol–water partition coefficient (Wildman–Crippen LogP) is 3.32. The molecule has 1 aliphatic heterocycles. The number of carbonyl (C=O) groups excluding carboxylic acids is 1. The molecule has 88 valence electrons. The number of hydrogen-bond donors (Lipinski definition) is 0. The summed E-state index contributed by atoms with van der Waals surface area (Å²) in [5.74, 6) is 0.441. The lowest BCUT2D eigenvalue weighted by atomic mass is 10.1. The van der Waals surface area contributed by atoms with Gasteiger partial charge in [0.05, 0.1) is 12.3 Å². The fourth-order valence-electron chi connectivity index (χ4n) is 2.36. The number of amides is 1. The highest BCUT2D eigenvalue weighted by molar-refractivity contribution is 7.07. The first-order valence-corrected chi connectivity index (χ1v) is 6.67. The molecule has 17 heavy (non-hydrogen) atoms. The van der Waals surface area contributed by atoms with E-state index in [2.05, 4.69) is 16.8 Å². The average molecular weight is 247 g/mol. The molecule has 0 saturated carbocycles. The van der Waals surface area contributed by atoms with Gasteiger partial charge in [-0.05, 0) is 47.4 Å². The predicted molar refractivity (Wildman–Crippen MR) is 66.0 cm³/mol. The molecule has 4 heteroatoms. The van der Waals surface area contributed by atoms with Gasteiger partial charge in [-0.25, -0.2) is 0 Å². The number of likely N-dealkylation sites (tertiary alicyclic amines) is 1. The molecule has 0 radical (unpaired) electrons. The Bertz CT molecular complexity index is 489. The minimum Gasteiger partial charge on any atom is -0.459 e. The van der Waals surface area contributed by atoms with Gasteiger partial charge in [0, 0.05) is 6.54 Å². The van der Waals surface area contributed by atoms with Crippen molar-refractivity contribution < 1.29 is 9.21 Å². The normalized spacial score (nSPS) is 19.8. The summed E-state index contributed by atoms with van der Waals surface area (Å²) in [5.41, 5.74) is 1.24. The minimum atomic E-state index is 0.00343. The van der Waals surface area contributed by atoms with Crippen LogP contribution in [-0.2, 0) is 0 Å². The Hall–Kier alpha value is -1.55. The van der Waals surface area contributed by atoms with Crippen molar-refractivity contribution >= 4 is 17.2 Å². The monoisotopic (exact) mass is 247 g/mol. The Morgan fingerprint density at radius 2 is 2.41 bits per heavy atom. The molecule has 1 saturated heterocycles. The van der Waals surface area contributed by atoms with Crippen LogP contribution in [0.25, 0.3) is 0 Å². The van der Waals surface area contributed by atoms with E-state index < -0.39 is 0 Å². The first-order valence-electron chi connectivity index (χ1n) is 5.73. The van der Waals surface area contributed by atoms with Crippen LogP contribution in [0, 0.1) is 0 Å². The molecule has 1 aliphatic rings. The highest BCUT2D eigenvalue weighted by atomic mass is 32.1. The zero-order chi connectivity index (χ0) is 11.7. The summed E-state index contributed by atoms with van der Waals surface area (Å²) in [6.07, 6.45) is 3.65. The van der Waals surface area contributed by atoms with E-state index in [4.69, 9.17) is 4.42 Å². The smallest absolute Gasteiger partial charge is 0.290 e. The van der Waals surface area contributed by atoms with Crippen LogP contribution in [0.15, 0.2) is 39.6 Å². The van der Waals surface area contributed by atoms with Crippen molar-refractivity contribution in [3.05, 3.63) is 46.5 Å². The van der Waals surface area contributed by atoms with E-state index in [1.165, 1.54) is 5.56 Å². The van der Waals surface area contributed by atoms with Crippen molar-refractivity contribution in [1.29, 1.82) is 0 Å². The highest BCUT2D eigenvalue weighted by Crippen LogP contribution is 2.34. The van der Waals surface area contributed by atoms with Gasteiger partial charge >= 0.3 is 0 Å². The molecule has 1 fully saturated rings. The summed E-state index contributed by atoms with van der Waals surface area (Å²) in [4.78, 5) is 14.2. The van der Waals surface area contributed by atoms with E-state index in [1.54, 1.807) is 29.7 Å². The van der Waals surface area contributed by atoms with Gasteiger partial charge in [0.25, 0.3) is 5.91 Å². The topological polar surface area (TPSA) is 33.5 Å². The molecule has 3 heterocycles. The molecule has 3 nitrogen and oxygen atoms in total. The Morgan fingerprint density at radius 3 is 3.12 bits per heavy atom. The van der Waals surface area contributed by atoms with E-state index in [1.807, 2.05) is 4.90 Å². The fraction of sp³-hybridized carbons (Fsp3) is 0.308. The van der Waals surface area contributed by atoms with Crippen molar-refractivity contribution in [3.8, 4) is 0 Å². The zero-order valence-electron chi connectivity index (χ0n) is 9.33. The molecule has 2 aromatic rings. The van der Waals surface area contributed by atoms with Crippen LogP contribution < -0.4 is 0 Å². The molecule has 2 aromatic heterocycles. The first kappa shape index (κ1) is 10.6. The maximum Gasteiger partial charge on any atom is 0.290 e. The van der Waals surface area contributed by atoms with E-state index >= 15 is 0 Å². The number of nitrogens with zero attached hydrogens (tertiary/aromatic N) is 1. The number of hydrogen-bond acceptors (Lipinski definition) is 3. The number of rotatable bonds is 2. The van der Waals surface area contributed by atoms with E-state index in [0.29, 0.717) is 5.76 Å². The Kier molecular flexibility index (Phi) is 2.73. The largest absolute Gasteiger partial charge is 0.459 e. The van der Waals surface area contributed by atoms with Gasteiger partial charge in [-0.3, -0.25) is 4.79 Å². The van der Waals surface area contributed by atoms with Gasteiger partial charge in [-0.1, -0.05) is 0 Å². The summed E-state index contributed by atoms with van der Waals surface area (Å²) < 4.78 is 5.18. The third-order valence-corrected chi connectivity index (χ3v) is 3.88. The molecule has 0 N–H and O–H groups in total. The van der Waals surface area contributed by atoms with Crippen molar-refractivity contribution in [3.63, 3.8) is 0 Å². The second-order valence-electron chi connectivity index (χ2n) is 4.19. The Morgan fingerprint density at radius 1 is 1.47 bits per heavy atom. The molecule has 0 spiro atoms. The number of carbonyl (C=O) groups is 1.